The van der Waals surface area contributed by atoms with Crippen LogP contribution in [0.2, 0.25) is 5.15 Å². The van der Waals surface area contributed by atoms with Gasteiger partial charge in [-0.1, -0.05) is 29.8 Å². The van der Waals surface area contributed by atoms with Crippen molar-refractivity contribution in [1.29, 1.82) is 0 Å². The van der Waals surface area contributed by atoms with Crippen molar-refractivity contribution in [3.63, 3.8) is 0 Å². The van der Waals surface area contributed by atoms with Crippen LogP contribution in [0.3, 0.4) is 0 Å². The maximum atomic E-state index is 6.06. The van der Waals surface area contributed by atoms with Gasteiger partial charge in [-0.25, -0.2) is 24.9 Å². The van der Waals surface area contributed by atoms with E-state index < -0.39 is 0 Å². The quantitative estimate of drug-likeness (QED) is 0.571. The lowest BCUT2D eigenvalue weighted by atomic mass is 9.86. The van der Waals surface area contributed by atoms with Crippen molar-refractivity contribution >= 4 is 39.6 Å². The summed E-state index contributed by atoms with van der Waals surface area (Å²) < 4.78 is 2.07. The molecule has 124 valence electrons. The van der Waals surface area contributed by atoms with Crippen molar-refractivity contribution in [3.8, 4) is 0 Å². The summed E-state index contributed by atoms with van der Waals surface area (Å²) >= 11 is 6.06. The van der Waals surface area contributed by atoms with E-state index in [0.717, 1.165) is 29.4 Å². The van der Waals surface area contributed by atoms with E-state index in [-0.39, 0.29) is 0 Å². The van der Waals surface area contributed by atoms with Crippen LogP contribution in [0, 0.1) is 0 Å². The van der Waals surface area contributed by atoms with Crippen molar-refractivity contribution in [2.75, 3.05) is 5.32 Å². The van der Waals surface area contributed by atoms with Crippen LogP contribution in [0.25, 0.3) is 22.1 Å². The SMILES string of the molecule is Clc1ncnc2c1ncn2C1CC(Nc2ncc3ccccc3n2)C1. The van der Waals surface area contributed by atoms with Crippen molar-refractivity contribution in [3.05, 3.63) is 48.3 Å². The second-order valence-corrected chi connectivity index (χ2v) is 6.57. The molecule has 0 aliphatic heterocycles. The Morgan fingerprint density at radius 3 is 2.88 bits per heavy atom. The molecule has 0 amide bonds. The molecule has 0 saturated heterocycles. The third-order valence-corrected chi connectivity index (χ3v) is 4.92. The molecule has 1 fully saturated rings. The Labute approximate surface area is 148 Å². The Kier molecular flexibility index (Phi) is 3.27. The number of para-hydroxylation sites is 1. The van der Waals surface area contributed by atoms with E-state index in [2.05, 4.69) is 34.8 Å². The van der Waals surface area contributed by atoms with E-state index in [4.69, 9.17) is 11.6 Å². The van der Waals surface area contributed by atoms with Crippen LogP contribution in [0.5, 0.6) is 0 Å². The molecule has 1 aliphatic rings. The number of nitrogens with one attached hydrogen (secondary N) is 1. The van der Waals surface area contributed by atoms with Gasteiger partial charge in [-0.3, -0.25) is 0 Å². The molecule has 0 radical (unpaired) electrons. The third kappa shape index (κ3) is 2.47. The van der Waals surface area contributed by atoms with Gasteiger partial charge in [-0.15, -0.1) is 0 Å². The van der Waals surface area contributed by atoms with Gasteiger partial charge < -0.3 is 9.88 Å². The molecule has 4 aromatic rings. The van der Waals surface area contributed by atoms with E-state index >= 15 is 0 Å². The molecule has 1 aromatic carbocycles. The highest BCUT2D eigenvalue weighted by molar-refractivity contribution is 6.33. The highest BCUT2D eigenvalue weighted by atomic mass is 35.5. The van der Waals surface area contributed by atoms with Gasteiger partial charge in [0.05, 0.1) is 11.8 Å². The summed E-state index contributed by atoms with van der Waals surface area (Å²) in [5.41, 5.74) is 2.38. The molecule has 0 bridgehead atoms. The van der Waals surface area contributed by atoms with E-state index in [0.29, 0.717) is 28.7 Å². The number of aromatic nitrogens is 6. The summed E-state index contributed by atoms with van der Waals surface area (Å²) in [6.45, 7) is 0. The molecule has 1 aliphatic carbocycles. The minimum atomic E-state index is 0.334. The maximum Gasteiger partial charge on any atom is 0.223 e. The largest absolute Gasteiger partial charge is 0.351 e. The fraction of sp³-hybridized carbons (Fsp3) is 0.235. The zero-order valence-corrected chi connectivity index (χ0v) is 13.9. The van der Waals surface area contributed by atoms with Gasteiger partial charge in [0.2, 0.25) is 5.95 Å². The van der Waals surface area contributed by atoms with Gasteiger partial charge in [0.15, 0.2) is 10.8 Å². The maximum absolute atomic E-state index is 6.06. The van der Waals surface area contributed by atoms with Crippen molar-refractivity contribution in [2.24, 2.45) is 0 Å². The number of hydrogen-bond acceptors (Lipinski definition) is 6. The summed E-state index contributed by atoms with van der Waals surface area (Å²) in [5, 5.41) is 4.84. The highest BCUT2D eigenvalue weighted by Gasteiger charge is 2.32. The standard InChI is InChI=1S/C17H14ClN7/c18-15-14-16(21-8-20-15)25(9-22-14)12-5-11(6-12)23-17-19-7-10-3-1-2-4-13(10)24-17/h1-4,7-9,11-12H,5-6H2,(H,19,23,24). The molecule has 1 N–H and O–H groups in total. The molecule has 3 heterocycles. The molecular formula is C17H14ClN7. The second-order valence-electron chi connectivity index (χ2n) is 6.21. The summed E-state index contributed by atoms with van der Waals surface area (Å²) in [7, 11) is 0. The molecule has 3 aromatic heterocycles. The average molecular weight is 352 g/mol. The highest BCUT2D eigenvalue weighted by Crippen LogP contribution is 2.36. The topological polar surface area (TPSA) is 81.4 Å². The molecule has 25 heavy (non-hydrogen) atoms. The first-order chi connectivity index (χ1) is 12.3. The van der Waals surface area contributed by atoms with Crippen LogP contribution >= 0.6 is 11.6 Å². The summed E-state index contributed by atoms with van der Waals surface area (Å²) in [6.07, 6.45) is 7.04. The Balaban J connectivity index is 1.31. The van der Waals surface area contributed by atoms with Crippen molar-refractivity contribution in [1.82, 2.24) is 29.5 Å². The van der Waals surface area contributed by atoms with E-state index in [1.807, 2.05) is 30.5 Å². The summed E-state index contributed by atoms with van der Waals surface area (Å²) in [5.74, 6) is 0.669. The number of anilines is 1. The van der Waals surface area contributed by atoms with Crippen LogP contribution in [0.15, 0.2) is 43.1 Å². The van der Waals surface area contributed by atoms with Gasteiger partial charge in [-0.05, 0) is 18.9 Å². The molecule has 1 saturated carbocycles. The lowest BCUT2D eigenvalue weighted by Crippen LogP contribution is -2.37. The lowest BCUT2D eigenvalue weighted by Gasteiger charge is -2.36. The normalized spacial score (nSPS) is 19.9. The molecule has 0 unspecified atom stereocenters. The Morgan fingerprint density at radius 1 is 1.08 bits per heavy atom. The monoisotopic (exact) mass is 351 g/mol. The molecular weight excluding hydrogens is 338 g/mol. The van der Waals surface area contributed by atoms with Crippen LogP contribution in [-0.4, -0.2) is 35.5 Å². The van der Waals surface area contributed by atoms with Gasteiger partial charge >= 0.3 is 0 Å². The van der Waals surface area contributed by atoms with Gasteiger partial charge in [0.25, 0.3) is 0 Å². The van der Waals surface area contributed by atoms with Gasteiger partial charge in [-0.2, -0.15) is 0 Å². The van der Waals surface area contributed by atoms with Crippen molar-refractivity contribution in [2.45, 2.75) is 24.9 Å². The second kappa shape index (κ2) is 5.63. The lowest BCUT2D eigenvalue weighted by molar-refractivity contribution is 0.286. The molecule has 7 nitrogen and oxygen atoms in total. The number of hydrogen-bond donors (Lipinski definition) is 1. The zero-order chi connectivity index (χ0) is 16.8. The predicted molar refractivity (Wildman–Crippen MR) is 95.6 cm³/mol. The minimum absolute atomic E-state index is 0.334. The Morgan fingerprint density at radius 2 is 1.96 bits per heavy atom. The molecule has 0 spiro atoms. The number of fused-ring (bicyclic) bond motifs is 2. The predicted octanol–water partition coefficient (Wildman–Crippen LogP) is 3.24. The van der Waals surface area contributed by atoms with Crippen LogP contribution < -0.4 is 5.32 Å². The minimum Gasteiger partial charge on any atom is -0.351 e. The Hall–Kier alpha value is -2.80. The van der Waals surface area contributed by atoms with Gasteiger partial charge in [0.1, 0.15) is 11.8 Å². The first-order valence-corrected chi connectivity index (χ1v) is 8.47. The zero-order valence-electron chi connectivity index (χ0n) is 13.2. The fourth-order valence-corrected chi connectivity index (χ4v) is 3.42. The first-order valence-electron chi connectivity index (χ1n) is 8.09. The third-order valence-electron chi connectivity index (χ3n) is 4.64. The summed E-state index contributed by atoms with van der Waals surface area (Å²) in [4.78, 5) is 21.6. The van der Waals surface area contributed by atoms with E-state index in [9.17, 15) is 0 Å². The Bertz CT molecular complexity index is 1070. The van der Waals surface area contributed by atoms with Crippen LogP contribution in [-0.2, 0) is 0 Å². The molecule has 5 rings (SSSR count). The number of rotatable bonds is 3. The number of halogens is 1. The van der Waals surface area contributed by atoms with Gasteiger partial charge in [0, 0.05) is 23.7 Å². The van der Waals surface area contributed by atoms with Crippen molar-refractivity contribution < 1.29 is 0 Å². The van der Waals surface area contributed by atoms with E-state index in [1.54, 1.807) is 6.33 Å². The van der Waals surface area contributed by atoms with E-state index in [1.165, 1.54) is 6.33 Å². The number of nitrogens with zero attached hydrogens (tertiary/aromatic N) is 6. The summed E-state index contributed by atoms with van der Waals surface area (Å²) in [6, 6.07) is 8.65. The van der Waals surface area contributed by atoms with Crippen LogP contribution in [0.4, 0.5) is 5.95 Å². The fourth-order valence-electron chi connectivity index (χ4n) is 3.25. The molecule has 0 atom stereocenters. The smallest absolute Gasteiger partial charge is 0.223 e. The first kappa shape index (κ1) is 14.5. The van der Waals surface area contributed by atoms with Crippen LogP contribution in [0.1, 0.15) is 18.9 Å². The molecule has 8 heteroatoms. The number of benzene rings is 1. The number of imidazole rings is 1. The average Bonchev–Trinajstić information content (AvgIpc) is 3.03.